The topological polar surface area (TPSA) is 21.3 Å². The molecule has 0 aliphatic carbocycles. The van der Waals surface area contributed by atoms with Gasteiger partial charge in [-0.3, -0.25) is 0 Å². The average molecular weight is 296 g/mol. The van der Waals surface area contributed by atoms with E-state index in [1.54, 1.807) is 0 Å². The SMILES string of the molecule is CNC(CC(C)C(C)(C)C)c1cc(Cl)cc2c1OCC2. The van der Waals surface area contributed by atoms with Gasteiger partial charge in [0.15, 0.2) is 0 Å². The van der Waals surface area contributed by atoms with E-state index >= 15 is 0 Å². The Balaban J connectivity index is 2.29. The first kappa shape index (κ1) is 15.7. The molecule has 112 valence electrons. The number of halogens is 1. The second-order valence-corrected chi connectivity index (χ2v) is 7.36. The number of benzene rings is 1. The summed E-state index contributed by atoms with van der Waals surface area (Å²) < 4.78 is 5.84. The summed E-state index contributed by atoms with van der Waals surface area (Å²) in [5, 5.41) is 4.25. The normalized spacial score (nSPS) is 17.5. The summed E-state index contributed by atoms with van der Waals surface area (Å²) in [5.74, 6) is 1.66. The van der Waals surface area contributed by atoms with Gasteiger partial charge in [0, 0.05) is 23.0 Å². The van der Waals surface area contributed by atoms with Gasteiger partial charge in [-0.2, -0.15) is 0 Å². The molecule has 1 N–H and O–H groups in total. The first-order valence-corrected chi connectivity index (χ1v) is 7.83. The number of ether oxygens (including phenoxy) is 1. The van der Waals surface area contributed by atoms with Crippen molar-refractivity contribution in [2.45, 2.75) is 46.6 Å². The molecule has 0 spiro atoms. The fourth-order valence-electron chi connectivity index (χ4n) is 2.66. The first-order valence-electron chi connectivity index (χ1n) is 7.45. The Labute approximate surface area is 127 Å². The standard InChI is InChI=1S/C17H26ClNO/c1-11(17(2,3)4)8-15(19-5)14-10-13(18)9-12-6-7-20-16(12)14/h9-11,15,19H,6-8H2,1-5H3. The Hall–Kier alpha value is -0.730. The third-order valence-corrected chi connectivity index (χ3v) is 4.79. The lowest BCUT2D eigenvalue weighted by Crippen LogP contribution is -2.25. The highest BCUT2D eigenvalue weighted by molar-refractivity contribution is 6.30. The molecule has 1 aliphatic heterocycles. The lowest BCUT2D eigenvalue weighted by Gasteiger charge is -2.31. The van der Waals surface area contributed by atoms with Crippen molar-refractivity contribution < 1.29 is 4.74 Å². The van der Waals surface area contributed by atoms with Crippen LogP contribution in [0.25, 0.3) is 0 Å². The van der Waals surface area contributed by atoms with E-state index in [1.807, 2.05) is 13.1 Å². The van der Waals surface area contributed by atoms with Gasteiger partial charge in [-0.25, -0.2) is 0 Å². The second kappa shape index (κ2) is 5.95. The molecule has 0 bridgehead atoms. The summed E-state index contributed by atoms with van der Waals surface area (Å²) in [6.45, 7) is 9.97. The molecular formula is C17H26ClNO. The van der Waals surface area contributed by atoms with E-state index in [-0.39, 0.29) is 6.04 Å². The summed E-state index contributed by atoms with van der Waals surface area (Å²) in [6, 6.07) is 4.38. The zero-order valence-electron chi connectivity index (χ0n) is 13.2. The van der Waals surface area contributed by atoms with Crippen LogP contribution in [-0.4, -0.2) is 13.7 Å². The number of hydrogen-bond donors (Lipinski definition) is 1. The first-order chi connectivity index (χ1) is 9.32. The maximum Gasteiger partial charge on any atom is 0.127 e. The zero-order chi connectivity index (χ0) is 14.9. The minimum absolute atomic E-state index is 0.287. The third kappa shape index (κ3) is 3.29. The molecule has 0 aromatic heterocycles. The molecule has 2 rings (SSSR count). The van der Waals surface area contributed by atoms with Crippen molar-refractivity contribution in [2.75, 3.05) is 13.7 Å². The van der Waals surface area contributed by atoms with Gasteiger partial charge in [0.2, 0.25) is 0 Å². The van der Waals surface area contributed by atoms with Crippen molar-refractivity contribution in [1.82, 2.24) is 5.32 Å². The van der Waals surface area contributed by atoms with Crippen molar-refractivity contribution in [2.24, 2.45) is 11.3 Å². The molecule has 0 amide bonds. The van der Waals surface area contributed by atoms with Gasteiger partial charge in [-0.05, 0) is 42.5 Å². The third-order valence-electron chi connectivity index (χ3n) is 4.57. The molecule has 1 aromatic rings. The number of hydrogen-bond acceptors (Lipinski definition) is 2. The van der Waals surface area contributed by atoms with Gasteiger partial charge in [0.05, 0.1) is 6.61 Å². The lowest BCUT2D eigenvalue weighted by atomic mass is 9.77. The molecule has 3 heteroatoms. The van der Waals surface area contributed by atoms with E-state index < -0.39 is 0 Å². The molecule has 2 atom stereocenters. The zero-order valence-corrected chi connectivity index (χ0v) is 14.0. The van der Waals surface area contributed by atoms with E-state index in [9.17, 15) is 0 Å². The van der Waals surface area contributed by atoms with Crippen molar-refractivity contribution in [3.63, 3.8) is 0 Å². The molecule has 1 aliphatic rings. The smallest absolute Gasteiger partial charge is 0.127 e. The Kier molecular flexibility index (Phi) is 4.66. The molecule has 0 radical (unpaired) electrons. The fraction of sp³-hybridized carbons (Fsp3) is 0.647. The molecule has 0 fully saturated rings. The van der Waals surface area contributed by atoms with Crippen LogP contribution in [0.4, 0.5) is 0 Å². The molecule has 0 saturated carbocycles. The van der Waals surface area contributed by atoms with Gasteiger partial charge in [-0.1, -0.05) is 39.3 Å². The Morgan fingerprint density at radius 2 is 2.05 bits per heavy atom. The summed E-state index contributed by atoms with van der Waals surface area (Å²) in [5.41, 5.74) is 2.76. The Morgan fingerprint density at radius 3 is 2.65 bits per heavy atom. The summed E-state index contributed by atoms with van der Waals surface area (Å²) in [4.78, 5) is 0. The van der Waals surface area contributed by atoms with E-state index in [2.05, 4.69) is 39.1 Å². The lowest BCUT2D eigenvalue weighted by molar-refractivity contribution is 0.224. The van der Waals surface area contributed by atoms with Gasteiger partial charge >= 0.3 is 0 Å². The molecule has 1 heterocycles. The monoisotopic (exact) mass is 295 g/mol. The van der Waals surface area contributed by atoms with E-state index in [1.165, 1.54) is 11.1 Å². The molecule has 20 heavy (non-hydrogen) atoms. The van der Waals surface area contributed by atoms with Crippen LogP contribution in [0, 0.1) is 11.3 Å². The number of rotatable bonds is 4. The molecule has 0 saturated heterocycles. The Bertz CT molecular complexity index is 479. The highest BCUT2D eigenvalue weighted by Crippen LogP contribution is 2.40. The summed E-state index contributed by atoms with van der Waals surface area (Å²) >= 11 is 6.27. The molecular weight excluding hydrogens is 270 g/mol. The summed E-state index contributed by atoms with van der Waals surface area (Å²) in [6.07, 6.45) is 2.05. The van der Waals surface area contributed by atoms with Crippen LogP contribution < -0.4 is 10.1 Å². The van der Waals surface area contributed by atoms with E-state index in [4.69, 9.17) is 16.3 Å². The predicted molar refractivity (Wildman–Crippen MR) is 85.7 cm³/mol. The maximum absolute atomic E-state index is 6.27. The minimum atomic E-state index is 0.287. The van der Waals surface area contributed by atoms with Crippen LogP contribution in [0.3, 0.4) is 0 Å². The molecule has 2 unspecified atom stereocenters. The fourth-order valence-corrected chi connectivity index (χ4v) is 2.91. The van der Waals surface area contributed by atoms with Crippen molar-refractivity contribution >= 4 is 11.6 Å². The highest BCUT2D eigenvalue weighted by atomic mass is 35.5. The van der Waals surface area contributed by atoms with Gasteiger partial charge in [0.1, 0.15) is 5.75 Å². The second-order valence-electron chi connectivity index (χ2n) is 6.93. The average Bonchev–Trinajstić information content (AvgIpc) is 2.81. The summed E-state index contributed by atoms with van der Waals surface area (Å²) in [7, 11) is 2.02. The van der Waals surface area contributed by atoms with Crippen LogP contribution in [0.15, 0.2) is 12.1 Å². The van der Waals surface area contributed by atoms with Crippen LogP contribution in [0.1, 0.15) is 51.3 Å². The molecule has 1 aromatic carbocycles. The van der Waals surface area contributed by atoms with Crippen molar-refractivity contribution in [3.8, 4) is 5.75 Å². The number of nitrogens with one attached hydrogen (secondary N) is 1. The van der Waals surface area contributed by atoms with Crippen LogP contribution in [0.5, 0.6) is 5.75 Å². The maximum atomic E-state index is 6.27. The van der Waals surface area contributed by atoms with Crippen LogP contribution in [0.2, 0.25) is 5.02 Å². The van der Waals surface area contributed by atoms with E-state index in [0.717, 1.165) is 30.2 Å². The molecule has 2 nitrogen and oxygen atoms in total. The largest absolute Gasteiger partial charge is 0.493 e. The van der Waals surface area contributed by atoms with Gasteiger partial charge in [0.25, 0.3) is 0 Å². The van der Waals surface area contributed by atoms with Gasteiger partial charge in [-0.15, -0.1) is 0 Å². The Morgan fingerprint density at radius 1 is 1.35 bits per heavy atom. The van der Waals surface area contributed by atoms with Gasteiger partial charge < -0.3 is 10.1 Å². The quantitative estimate of drug-likeness (QED) is 0.876. The predicted octanol–water partition coefficient (Wildman–Crippen LogP) is 4.61. The van der Waals surface area contributed by atoms with Crippen LogP contribution in [-0.2, 0) is 6.42 Å². The van der Waals surface area contributed by atoms with E-state index in [0.29, 0.717) is 11.3 Å². The highest BCUT2D eigenvalue weighted by Gasteiger charge is 2.27. The van der Waals surface area contributed by atoms with Crippen LogP contribution >= 0.6 is 11.6 Å². The van der Waals surface area contributed by atoms with Crippen molar-refractivity contribution in [1.29, 1.82) is 0 Å². The van der Waals surface area contributed by atoms with Crippen molar-refractivity contribution in [3.05, 3.63) is 28.3 Å². The minimum Gasteiger partial charge on any atom is -0.493 e. The number of fused-ring (bicyclic) bond motifs is 1.